The van der Waals surface area contributed by atoms with Crippen molar-refractivity contribution in [2.75, 3.05) is 14.1 Å². The summed E-state index contributed by atoms with van der Waals surface area (Å²) >= 11 is 12.2. The summed E-state index contributed by atoms with van der Waals surface area (Å²) < 4.78 is 0. The Labute approximate surface area is 148 Å². The molecule has 0 aliphatic heterocycles. The highest BCUT2D eigenvalue weighted by atomic mass is 35.5. The molecule has 2 rings (SSSR count). The summed E-state index contributed by atoms with van der Waals surface area (Å²) in [6.45, 7) is 2.03. The van der Waals surface area contributed by atoms with E-state index in [-0.39, 0.29) is 5.78 Å². The predicted octanol–water partition coefficient (Wildman–Crippen LogP) is 5.13. The summed E-state index contributed by atoms with van der Waals surface area (Å²) in [7, 11) is 3.88. The van der Waals surface area contributed by atoms with Crippen LogP contribution in [0.15, 0.2) is 48.5 Å². The van der Waals surface area contributed by atoms with Gasteiger partial charge in [0.2, 0.25) is 0 Å². The molecule has 0 amide bonds. The zero-order valence-electron chi connectivity index (χ0n) is 13.6. The first-order valence-electron chi connectivity index (χ1n) is 7.62. The second-order valence-corrected chi connectivity index (χ2v) is 6.74. The summed E-state index contributed by atoms with van der Waals surface area (Å²) in [4.78, 5) is 15.3. The van der Waals surface area contributed by atoms with Crippen molar-refractivity contribution in [3.8, 4) is 0 Å². The van der Waals surface area contributed by atoms with Crippen LogP contribution in [0.2, 0.25) is 10.0 Å². The first-order chi connectivity index (χ1) is 10.9. The summed E-state index contributed by atoms with van der Waals surface area (Å²) in [6, 6.07) is 15.1. The molecule has 0 bridgehead atoms. The van der Waals surface area contributed by atoms with Gasteiger partial charge in [0.1, 0.15) is 0 Å². The number of carbonyl (C=O) groups excluding carboxylic acids is 1. The Morgan fingerprint density at radius 3 is 2.26 bits per heavy atom. The van der Waals surface area contributed by atoms with Crippen molar-refractivity contribution in [2.24, 2.45) is 0 Å². The maximum Gasteiger partial charge on any atom is 0.184 e. The standard InChI is InChI=1S/C19H21Cl2NO/c1-4-19(22(2)3,13-14-8-6-5-7-9-14)18(23)16-11-10-15(20)12-17(16)21/h5-12H,4,13H2,1-3H3. The summed E-state index contributed by atoms with van der Waals surface area (Å²) in [6.07, 6.45) is 1.32. The molecular weight excluding hydrogens is 329 g/mol. The highest BCUT2D eigenvalue weighted by Gasteiger charge is 2.40. The lowest BCUT2D eigenvalue weighted by Gasteiger charge is -2.38. The van der Waals surface area contributed by atoms with Crippen LogP contribution in [0, 0.1) is 0 Å². The monoisotopic (exact) mass is 349 g/mol. The fraction of sp³-hybridized carbons (Fsp3) is 0.316. The number of halogens is 2. The first kappa shape index (κ1) is 18.0. The smallest absolute Gasteiger partial charge is 0.184 e. The van der Waals surface area contributed by atoms with E-state index in [9.17, 15) is 4.79 Å². The van der Waals surface area contributed by atoms with E-state index in [2.05, 4.69) is 0 Å². The molecule has 2 aromatic carbocycles. The van der Waals surface area contributed by atoms with Crippen LogP contribution in [0.1, 0.15) is 29.3 Å². The van der Waals surface area contributed by atoms with Crippen molar-refractivity contribution in [1.82, 2.24) is 4.90 Å². The van der Waals surface area contributed by atoms with E-state index in [0.29, 0.717) is 28.5 Å². The third-order valence-electron chi connectivity index (χ3n) is 4.38. The van der Waals surface area contributed by atoms with Crippen LogP contribution in [-0.4, -0.2) is 30.3 Å². The van der Waals surface area contributed by atoms with Crippen LogP contribution in [-0.2, 0) is 6.42 Å². The summed E-state index contributed by atoms with van der Waals surface area (Å²) in [5.41, 5.74) is 1.00. The van der Waals surface area contributed by atoms with Gasteiger partial charge in [-0.2, -0.15) is 0 Å². The minimum atomic E-state index is -0.640. The summed E-state index contributed by atoms with van der Waals surface area (Å²) in [5.74, 6) is 0.0236. The number of hydrogen-bond donors (Lipinski definition) is 0. The van der Waals surface area contributed by atoms with Crippen LogP contribution >= 0.6 is 23.2 Å². The van der Waals surface area contributed by atoms with Crippen molar-refractivity contribution in [3.63, 3.8) is 0 Å². The van der Waals surface area contributed by atoms with Gasteiger partial charge in [0.25, 0.3) is 0 Å². The van der Waals surface area contributed by atoms with Crippen molar-refractivity contribution in [3.05, 3.63) is 69.7 Å². The number of Topliss-reactive ketones (excluding diaryl/α,β-unsaturated/α-hetero) is 1. The lowest BCUT2D eigenvalue weighted by molar-refractivity contribution is 0.0666. The molecule has 0 radical (unpaired) electrons. The maximum absolute atomic E-state index is 13.3. The van der Waals surface area contributed by atoms with Crippen LogP contribution in [0.3, 0.4) is 0 Å². The third kappa shape index (κ3) is 3.77. The number of nitrogens with zero attached hydrogens (tertiary/aromatic N) is 1. The van der Waals surface area contributed by atoms with E-state index in [1.165, 1.54) is 0 Å². The molecule has 1 atom stereocenters. The molecule has 122 valence electrons. The number of rotatable bonds is 6. The third-order valence-corrected chi connectivity index (χ3v) is 4.93. The van der Waals surface area contributed by atoms with Gasteiger partial charge < -0.3 is 0 Å². The molecule has 23 heavy (non-hydrogen) atoms. The normalized spacial score (nSPS) is 13.8. The minimum absolute atomic E-state index is 0.0236. The molecule has 0 spiro atoms. The Kier molecular flexibility index (Phi) is 5.85. The number of hydrogen-bond acceptors (Lipinski definition) is 2. The zero-order valence-corrected chi connectivity index (χ0v) is 15.2. The molecule has 0 aliphatic rings. The molecular formula is C19H21Cl2NO. The predicted molar refractivity (Wildman–Crippen MR) is 97.6 cm³/mol. The van der Waals surface area contributed by atoms with E-state index in [1.54, 1.807) is 18.2 Å². The lowest BCUT2D eigenvalue weighted by Crippen LogP contribution is -2.52. The van der Waals surface area contributed by atoms with Gasteiger partial charge in [-0.1, -0.05) is 60.5 Å². The van der Waals surface area contributed by atoms with Crippen molar-refractivity contribution < 1.29 is 4.79 Å². The van der Waals surface area contributed by atoms with Gasteiger partial charge in [0.05, 0.1) is 10.6 Å². The van der Waals surface area contributed by atoms with Crippen molar-refractivity contribution in [1.29, 1.82) is 0 Å². The van der Waals surface area contributed by atoms with Gasteiger partial charge in [-0.15, -0.1) is 0 Å². The SMILES string of the molecule is CCC(Cc1ccccc1)(C(=O)c1ccc(Cl)cc1Cl)N(C)C. The Hall–Kier alpha value is -1.35. The Bertz CT molecular complexity index is 685. The molecule has 4 heteroatoms. The van der Waals surface area contributed by atoms with Crippen LogP contribution in [0.4, 0.5) is 0 Å². The van der Waals surface area contributed by atoms with Gasteiger partial charge in [-0.25, -0.2) is 0 Å². The Morgan fingerprint density at radius 1 is 1.09 bits per heavy atom. The van der Waals surface area contributed by atoms with Gasteiger partial charge >= 0.3 is 0 Å². The molecule has 0 fully saturated rings. The minimum Gasteiger partial charge on any atom is -0.297 e. The molecule has 2 aromatic rings. The molecule has 0 heterocycles. The average molecular weight is 350 g/mol. The highest BCUT2D eigenvalue weighted by molar-refractivity contribution is 6.37. The number of carbonyl (C=O) groups is 1. The van der Waals surface area contributed by atoms with Gasteiger partial charge in [-0.3, -0.25) is 9.69 Å². The topological polar surface area (TPSA) is 20.3 Å². The maximum atomic E-state index is 13.3. The van der Waals surface area contributed by atoms with Crippen molar-refractivity contribution >= 4 is 29.0 Å². The quantitative estimate of drug-likeness (QED) is 0.673. The second kappa shape index (κ2) is 7.48. The first-order valence-corrected chi connectivity index (χ1v) is 8.37. The Balaban J connectivity index is 2.47. The second-order valence-electron chi connectivity index (χ2n) is 5.90. The fourth-order valence-corrected chi connectivity index (χ4v) is 3.40. The molecule has 0 saturated carbocycles. The number of benzene rings is 2. The van der Waals surface area contributed by atoms with Gasteiger partial charge in [-0.05, 0) is 50.7 Å². The summed E-state index contributed by atoms with van der Waals surface area (Å²) in [5, 5.41) is 0.928. The van der Waals surface area contributed by atoms with E-state index < -0.39 is 5.54 Å². The molecule has 0 aromatic heterocycles. The van der Waals surface area contributed by atoms with Crippen LogP contribution in [0.25, 0.3) is 0 Å². The van der Waals surface area contributed by atoms with E-state index in [4.69, 9.17) is 23.2 Å². The van der Waals surface area contributed by atoms with E-state index in [1.807, 2.05) is 56.3 Å². The average Bonchev–Trinajstić information content (AvgIpc) is 2.52. The van der Waals surface area contributed by atoms with Crippen LogP contribution < -0.4 is 0 Å². The molecule has 0 saturated heterocycles. The van der Waals surface area contributed by atoms with Gasteiger partial charge in [0.15, 0.2) is 5.78 Å². The van der Waals surface area contributed by atoms with Crippen LogP contribution in [0.5, 0.6) is 0 Å². The number of likely N-dealkylation sites (N-methyl/N-ethyl adjacent to an activating group) is 1. The zero-order chi connectivity index (χ0) is 17.0. The van der Waals surface area contributed by atoms with E-state index in [0.717, 1.165) is 5.56 Å². The highest BCUT2D eigenvalue weighted by Crippen LogP contribution is 2.31. The largest absolute Gasteiger partial charge is 0.297 e. The molecule has 1 unspecified atom stereocenters. The molecule has 2 nitrogen and oxygen atoms in total. The molecule has 0 aliphatic carbocycles. The fourth-order valence-electron chi connectivity index (χ4n) is 2.90. The lowest BCUT2D eigenvalue weighted by atomic mass is 9.80. The Morgan fingerprint density at radius 2 is 1.74 bits per heavy atom. The molecule has 0 N–H and O–H groups in total. The van der Waals surface area contributed by atoms with Crippen molar-refractivity contribution in [2.45, 2.75) is 25.3 Å². The van der Waals surface area contributed by atoms with E-state index >= 15 is 0 Å². The van der Waals surface area contributed by atoms with Gasteiger partial charge in [0, 0.05) is 10.6 Å². The number of ketones is 1.